The fourth-order valence-corrected chi connectivity index (χ4v) is 3.46. The first-order valence-corrected chi connectivity index (χ1v) is 8.73. The first kappa shape index (κ1) is 15.5. The van der Waals surface area contributed by atoms with E-state index in [2.05, 4.69) is 85.8 Å². The van der Waals surface area contributed by atoms with Crippen LogP contribution in [0.4, 0.5) is 5.69 Å². The number of anilines is 1. The third-order valence-electron chi connectivity index (χ3n) is 4.73. The summed E-state index contributed by atoms with van der Waals surface area (Å²) in [4.78, 5) is 0. The minimum absolute atomic E-state index is 0.799. The van der Waals surface area contributed by atoms with Gasteiger partial charge in [0.25, 0.3) is 0 Å². The Morgan fingerprint density at radius 2 is 1.16 bits per heavy atom. The number of hydrogen-bond acceptors (Lipinski definition) is 1. The van der Waals surface area contributed by atoms with Gasteiger partial charge in [-0.1, -0.05) is 79.7 Å². The summed E-state index contributed by atoms with van der Waals surface area (Å²) >= 11 is 0. The Hall–Kier alpha value is -3.06. The standard InChI is InChI=1S/C24H21N/c1-2-17-13-21(18-9-5-3-6-10-18)24-16-20(25)15-22(23(24)14-17)19-11-7-4-8-12-19/h3-16H,2,25H2,1H3. The zero-order chi connectivity index (χ0) is 17.2. The Labute approximate surface area is 148 Å². The van der Waals surface area contributed by atoms with E-state index in [4.69, 9.17) is 5.73 Å². The van der Waals surface area contributed by atoms with E-state index >= 15 is 0 Å². The van der Waals surface area contributed by atoms with Crippen LogP contribution in [0.1, 0.15) is 12.5 Å². The molecule has 25 heavy (non-hydrogen) atoms. The van der Waals surface area contributed by atoms with Crippen molar-refractivity contribution in [3.63, 3.8) is 0 Å². The molecule has 0 fully saturated rings. The molecule has 4 aromatic carbocycles. The summed E-state index contributed by atoms with van der Waals surface area (Å²) < 4.78 is 0. The quantitative estimate of drug-likeness (QED) is 0.439. The van der Waals surface area contributed by atoms with E-state index in [1.54, 1.807) is 0 Å². The minimum atomic E-state index is 0.799. The number of aryl methyl sites for hydroxylation is 1. The van der Waals surface area contributed by atoms with Crippen molar-refractivity contribution in [3.8, 4) is 22.3 Å². The molecule has 0 unspecified atom stereocenters. The molecule has 0 aliphatic carbocycles. The van der Waals surface area contributed by atoms with Crippen LogP contribution in [0.25, 0.3) is 33.0 Å². The third-order valence-corrected chi connectivity index (χ3v) is 4.73. The molecule has 0 aromatic heterocycles. The summed E-state index contributed by atoms with van der Waals surface area (Å²) in [6.45, 7) is 2.20. The maximum Gasteiger partial charge on any atom is 0.0326 e. The average molecular weight is 323 g/mol. The molecule has 0 aliphatic heterocycles. The summed E-state index contributed by atoms with van der Waals surface area (Å²) in [5.74, 6) is 0. The van der Waals surface area contributed by atoms with Crippen molar-refractivity contribution < 1.29 is 0 Å². The van der Waals surface area contributed by atoms with Crippen molar-refractivity contribution in [1.82, 2.24) is 0 Å². The highest BCUT2D eigenvalue weighted by atomic mass is 14.5. The molecule has 0 saturated heterocycles. The molecule has 2 N–H and O–H groups in total. The first-order chi connectivity index (χ1) is 12.3. The molecule has 4 rings (SSSR count). The smallest absolute Gasteiger partial charge is 0.0326 e. The molecule has 0 saturated carbocycles. The topological polar surface area (TPSA) is 26.0 Å². The van der Waals surface area contributed by atoms with Gasteiger partial charge in [0.05, 0.1) is 0 Å². The van der Waals surface area contributed by atoms with Crippen LogP contribution in [0, 0.1) is 0 Å². The highest BCUT2D eigenvalue weighted by Gasteiger charge is 2.11. The Kier molecular flexibility index (Phi) is 3.99. The molecule has 1 nitrogen and oxygen atoms in total. The zero-order valence-electron chi connectivity index (χ0n) is 14.4. The Balaban J connectivity index is 2.09. The van der Waals surface area contributed by atoms with Crippen LogP contribution in [0.5, 0.6) is 0 Å². The molecule has 0 radical (unpaired) electrons. The normalized spacial score (nSPS) is 10.9. The van der Waals surface area contributed by atoms with Gasteiger partial charge in [-0.3, -0.25) is 0 Å². The second kappa shape index (κ2) is 6.45. The average Bonchev–Trinajstić information content (AvgIpc) is 2.68. The van der Waals surface area contributed by atoms with Crippen LogP contribution < -0.4 is 5.73 Å². The molecule has 0 bridgehead atoms. The Bertz CT molecular complexity index is 1020. The van der Waals surface area contributed by atoms with E-state index in [9.17, 15) is 0 Å². The lowest BCUT2D eigenvalue weighted by molar-refractivity contribution is 1.15. The molecule has 0 amide bonds. The van der Waals surface area contributed by atoms with Crippen molar-refractivity contribution in [2.45, 2.75) is 13.3 Å². The predicted octanol–water partition coefficient (Wildman–Crippen LogP) is 6.32. The highest BCUT2D eigenvalue weighted by Crippen LogP contribution is 2.37. The maximum atomic E-state index is 6.28. The van der Waals surface area contributed by atoms with Gasteiger partial charge in [-0.05, 0) is 57.1 Å². The largest absolute Gasteiger partial charge is 0.399 e. The number of rotatable bonds is 3. The number of benzene rings is 4. The second-order valence-electron chi connectivity index (χ2n) is 6.39. The van der Waals surface area contributed by atoms with E-state index in [0.717, 1.165) is 12.1 Å². The van der Waals surface area contributed by atoms with E-state index in [-0.39, 0.29) is 0 Å². The molecule has 0 aliphatic rings. The second-order valence-corrected chi connectivity index (χ2v) is 6.39. The first-order valence-electron chi connectivity index (χ1n) is 8.73. The van der Waals surface area contributed by atoms with Gasteiger partial charge in [0, 0.05) is 5.69 Å². The number of fused-ring (bicyclic) bond motifs is 1. The molecule has 122 valence electrons. The van der Waals surface area contributed by atoms with Crippen LogP contribution in [0.2, 0.25) is 0 Å². The van der Waals surface area contributed by atoms with Crippen molar-refractivity contribution in [2.24, 2.45) is 0 Å². The lowest BCUT2D eigenvalue weighted by Gasteiger charge is -2.15. The van der Waals surface area contributed by atoms with Gasteiger partial charge in [0.1, 0.15) is 0 Å². The molecule has 0 atom stereocenters. The van der Waals surface area contributed by atoms with Crippen molar-refractivity contribution in [1.29, 1.82) is 0 Å². The number of hydrogen-bond donors (Lipinski definition) is 1. The monoisotopic (exact) mass is 323 g/mol. The summed E-state index contributed by atoms with van der Waals surface area (Å²) in [7, 11) is 0. The van der Waals surface area contributed by atoms with E-state index in [1.807, 2.05) is 6.07 Å². The summed E-state index contributed by atoms with van der Waals surface area (Å²) in [5, 5.41) is 2.47. The van der Waals surface area contributed by atoms with Gasteiger partial charge >= 0.3 is 0 Å². The van der Waals surface area contributed by atoms with Gasteiger partial charge < -0.3 is 5.73 Å². The maximum absolute atomic E-state index is 6.28. The van der Waals surface area contributed by atoms with Crippen LogP contribution in [-0.2, 0) is 6.42 Å². The Morgan fingerprint density at radius 1 is 0.640 bits per heavy atom. The number of nitrogens with two attached hydrogens (primary N) is 1. The van der Waals surface area contributed by atoms with Gasteiger partial charge in [-0.15, -0.1) is 0 Å². The van der Waals surface area contributed by atoms with Crippen LogP contribution in [0.3, 0.4) is 0 Å². The lowest BCUT2D eigenvalue weighted by Crippen LogP contribution is -1.93. The predicted molar refractivity (Wildman–Crippen MR) is 109 cm³/mol. The van der Waals surface area contributed by atoms with Gasteiger partial charge in [-0.2, -0.15) is 0 Å². The zero-order valence-corrected chi connectivity index (χ0v) is 14.4. The van der Waals surface area contributed by atoms with E-state index in [1.165, 1.54) is 38.6 Å². The third kappa shape index (κ3) is 2.89. The number of nitrogen functional groups attached to an aromatic ring is 1. The Morgan fingerprint density at radius 3 is 1.72 bits per heavy atom. The molecular formula is C24H21N. The fourth-order valence-electron chi connectivity index (χ4n) is 3.46. The van der Waals surface area contributed by atoms with Gasteiger partial charge in [-0.25, -0.2) is 0 Å². The van der Waals surface area contributed by atoms with E-state index in [0.29, 0.717) is 0 Å². The van der Waals surface area contributed by atoms with Crippen molar-refractivity contribution >= 4 is 16.5 Å². The SMILES string of the molecule is CCc1cc(-c2ccccc2)c2cc(N)cc(-c3ccccc3)c2c1. The highest BCUT2D eigenvalue weighted by molar-refractivity contribution is 6.06. The minimum Gasteiger partial charge on any atom is -0.399 e. The molecular weight excluding hydrogens is 302 g/mol. The van der Waals surface area contributed by atoms with Crippen LogP contribution >= 0.6 is 0 Å². The molecule has 4 aromatic rings. The van der Waals surface area contributed by atoms with E-state index < -0.39 is 0 Å². The molecule has 1 heteroatoms. The fraction of sp³-hybridized carbons (Fsp3) is 0.0833. The summed E-state index contributed by atoms with van der Waals surface area (Å²) in [6, 6.07) is 29.9. The van der Waals surface area contributed by atoms with Gasteiger partial charge in [0.15, 0.2) is 0 Å². The molecule has 0 heterocycles. The summed E-state index contributed by atoms with van der Waals surface area (Å²) in [6.07, 6.45) is 1.01. The van der Waals surface area contributed by atoms with Gasteiger partial charge in [0.2, 0.25) is 0 Å². The van der Waals surface area contributed by atoms with Crippen molar-refractivity contribution in [3.05, 3.63) is 90.5 Å². The van der Waals surface area contributed by atoms with Crippen molar-refractivity contribution in [2.75, 3.05) is 5.73 Å². The van der Waals surface area contributed by atoms with Crippen LogP contribution in [0.15, 0.2) is 84.9 Å². The lowest BCUT2D eigenvalue weighted by atomic mass is 9.90. The van der Waals surface area contributed by atoms with Crippen LogP contribution in [-0.4, -0.2) is 0 Å². The molecule has 0 spiro atoms. The summed E-state index contributed by atoms with van der Waals surface area (Å²) in [5.41, 5.74) is 13.3.